The number of alkyl carbamates (subject to hydrolysis) is 1. The van der Waals surface area contributed by atoms with Crippen molar-refractivity contribution < 1.29 is 28.8 Å². The molecule has 2 aliphatic carbocycles. The van der Waals surface area contributed by atoms with Crippen LogP contribution >= 0.6 is 0 Å². The summed E-state index contributed by atoms with van der Waals surface area (Å²) in [6.07, 6.45) is 5.91. The summed E-state index contributed by atoms with van der Waals surface area (Å²) in [7, 11) is 1.66. The third-order valence-electron chi connectivity index (χ3n) is 7.09. The summed E-state index contributed by atoms with van der Waals surface area (Å²) < 4.78 is 23.9. The van der Waals surface area contributed by atoms with E-state index in [9.17, 15) is 9.90 Å². The van der Waals surface area contributed by atoms with Crippen LogP contribution in [0.25, 0.3) is 0 Å². The fourth-order valence-corrected chi connectivity index (χ4v) is 5.35. The molecule has 3 unspecified atom stereocenters. The first-order valence-electron chi connectivity index (χ1n) is 11.2. The Bertz CT molecular complexity index is 632. The minimum absolute atomic E-state index is 0.0642. The number of carbonyl (C=O) groups is 1. The van der Waals surface area contributed by atoms with Crippen molar-refractivity contribution in [2.75, 3.05) is 26.9 Å². The molecule has 2 saturated carbocycles. The van der Waals surface area contributed by atoms with E-state index in [1.54, 1.807) is 7.11 Å². The van der Waals surface area contributed by atoms with Crippen LogP contribution in [0.5, 0.6) is 0 Å². The lowest BCUT2D eigenvalue weighted by molar-refractivity contribution is -0.172. The molecule has 4 atom stereocenters. The second-order valence-electron chi connectivity index (χ2n) is 9.98. The Kier molecular flexibility index (Phi) is 7.17. The predicted octanol–water partition coefficient (Wildman–Crippen LogP) is 3.34. The van der Waals surface area contributed by atoms with Crippen molar-refractivity contribution >= 4 is 6.09 Å². The SMILES string of the molecule is COC1C(OC(=O)NC2(CO)CCCC2)CC[C@]2(CO2)C1C(C)(C)OCC=C(C)C. The number of carbonyl (C=O) groups excluding carboxylic acids is 1. The van der Waals surface area contributed by atoms with E-state index in [1.807, 2.05) is 13.8 Å². The van der Waals surface area contributed by atoms with Crippen molar-refractivity contribution in [2.45, 2.75) is 95.2 Å². The number of hydrogen-bond acceptors (Lipinski definition) is 6. The fourth-order valence-electron chi connectivity index (χ4n) is 5.35. The van der Waals surface area contributed by atoms with Gasteiger partial charge in [-0.2, -0.15) is 0 Å². The highest BCUT2D eigenvalue weighted by Gasteiger charge is 2.64. The number of nitrogens with one attached hydrogen (secondary N) is 1. The molecule has 0 aromatic carbocycles. The first-order chi connectivity index (χ1) is 14.2. The van der Waals surface area contributed by atoms with Gasteiger partial charge in [0.2, 0.25) is 0 Å². The minimum atomic E-state index is -0.554. The number of hydrogen-bond donors (Lipinski definition) is 2. The number of rotatable bonds is 8. The van der Waals surface area contributed by atoms with Crippen molar-refractivity contribution in [1.29, 1.82) is 0 Å². The Hall–Kier alpha value is -1.15. The number of amides is 1. The molecule has 3 fully saturated rings. The smallest absolute Gasteiger partial charge is 0.408 e. The molecule has 2 N–H and O–H groups in total. The molecule has 3 rings (SSSR count). The standard InChI is InChI=1S/C23H39NO6/c1-16(2)9-13-28-21(3,4)19-18(27-5)17(8-12-23(19)15-29-23)30-20(26)24-22(14-25)10-6-7-11-22/h9,17-19,25H,6-8,10-15H2,1-5H3,(H,24,26)/t17?,18?,19?,23-/m0/s1. The summed E-state index contributed by atoms with van der Waals surface area (Å²) in [5.74, 6) is -0.0644. The maximum Gasteiger partial charge on any atom is 0.408 e. The third kappa shape index (κ3) is 5.01. The highest BCUT2D eigenvalue weighted by molar-refractivity contribution is 5.68. The quantitative estimate of drug-likeness (QED) is 0.458. The summed E-state index contributed by atoms with van der Waals surface area (Å²) >= 11 is 0. The van der Waals surface area contributed by atoms with Gasteiger partial charge in [-0.15, -0.1) is 0 Å². The van der Waals surface area contributed by atoms with Crippen LogP contribution in [0.2, 0.25) is 0 Å². The van der Waals surface area contributed by atoms with Crippen LogP contribution in [-0.4, -0.2) is 67.1 Å². The van der Waals surface area contributed by atoms with Crippen molar-refractivity contribution in [2.24, 2.45) is 5.92 Å². The molecule has 1 saturated heterocycles. The molecule has 0 radical (unpaired) electrons. The monoisotopic (exact) mass is 425 g/mol. The van der Waals surface area contributed by atoms with Crippen molar-refractivity contribution in [3.05, 3.63) is 11.6 Å². The molecule has 172 valence electrons. The first kappa shape index (κ1) is 23.5. The Morgan fingerprint density at radius 3 is 2.47 bits per heavy atom. The average molecular weight is 426 g/mol. The van der Waals surface area contributed by atoms with E-state index in [4.69, 9.17) is 18.9 Å². The topological polar surface area (TPSA) is 89.6 Å². The van der Waals surface area contributed by atoms with Crippen molar-refractivity contribution in [3.63, 3.8) is 0 Å². The molecule has 7 heteroatoms. The minimum Gasteiger partial charge on any atom is -0.443 e. The zero-order chi connectivity index (χ0) is 22.0. The maximum atomic E-state index is 12.7. The maximum absolute atomic E-state index is 12.7. The van der Waals surface area contributed by atoms with Crippen LogP contribution < -0.4 is 5.32 Å². The third-order valence-corrected chi connectivity index (χ3v) is 7.09. The Morgan fingerprint density at radius 1 is 1.27 bits per heavy atom. The Labute approximate surface area is 180 Å². The number of methoxy groups -OCH3 is 1. The van der Waals surface area contributed by atoms with Gasteiger partial charge in [-0.05, 0) is 53.4 Å². The molecule has 3 aliphatic rings. The lowest BCUT2D eigenvalue weighted by atomic mass is 9.68. The van der Waals surface area contributed by atoms with E-state index in [1.165, 1.54) is 5.57 Å². The Balaban J connectivity index is 1.70. The van der Waals surface area contributed by atoms with E-state index in [0.29, 0.717) is 19.6 Å². The van der Waals surface area contributed by atoms with E-state index in [2.05, 4.69) is 25.2 Å². The van der Waals surface area contributed by atoms with Gasteiger partial charge in [0.25, 0.3) is 0 Å². The van der Waals surface area contributed by atoms with E-state index in [0.717, 1.165) is 32.1 Å². The largest absolute Gasteiger partial charge is 0.443 e. The number of allylic oxidation sites excluding steroid dienone is 1. The molecule has 7 nitrogen and oxygen atoms in total. The zero-order valence-corrected chi connectivity index (χ0v) is 19.2. The van der Waals surface area contributed by atoms with E-state index < -0.39 is 23.3 Å². The summed E-state index contributed by atoms with van der Waals surface area (Å²) in [4.78, 5) is 12.7. The van der Waals surface area contributed by atoms with Crippen LogP contribution in [0.4, 0.5) is 4.79 Å². The molecular weight excluding hydrogens is 386 g/mol. The normalized spacial score (nSPS) is 32.7. The molecule has 30 heavy (non-hydrogen) atoms. The number of aliphatic hydroxyl groups excluding tert-OH is 1. The second-order valence-corrected chi connectivity index (χ2v) is 9.98. The highest BCUT2D eigenvalue weighted by Crippen LogP contribution is 2.52. The zero-order valence-electron chi connectivity index (χ0n) is 19.2. The molecule has 0 aromatic heterocycles. The van der Waals surface area contributed by atoms with E-state index >= 15 is 0 Å². The van der Waals surface area contributed by atoms with Gasteiger partial charge in [0.15, 0.2) is 0 Å². The van der Waals surface area contributed by atoms with Gasteiger partial charge >= 0.3 is 6.09 Å². The summed E-state index contributed by atoms with van der Waals surface area (Å²) in [5, 5.41) is 12.7. The van der Waals surface area contributed by atoms with Gasteiger partial charge in [0.05, 0.1) is 36.6 Å². The van der Waals surface area contributed by atoms with Gasteiger partial charge in [-0.3, -0.25) is 0 Å². The van der Waals surface area contributed by atoms with Crippen LogP contribution in [0.15, 0.2) is 11.6 Å². The molecule has 0 bridgehead atoms. The molecule has 0 aromatic rings. The van der Waals surface area contributed by atoms with Gasteiger partial charge in [-0.25, -0.2) is 4.79 Å². The second kappa shape index (κ2) is 9.15. The van der Waals surface area contributed by atoms with Gasteiger partial charge in [0.1, 0.15) is 12.2 Å². The van der Waals surface area contributed by atoms with Crippen LogP contribution in [-0.2, 0) is 18.9 Å². The first-order valence-corrected chi connectivity index (χ1v) is 11.2. The summed E-state index contributed by atoms with van der Waals surface area (Å²) in [6.45, 7) is 9.36. The number of aliphatic hydroxyl groups is 1. The van der Waals surface area contributed by atoms with Crippen molar-refractivity contribution in [3.8, 4) is 0 Å². The fraction of sp³-hybridized carbons (Fsp3) is 0.870. The number of ether oxygens (including phenoxy) is 4. The van der Waals surface area contributed by atoms with Crippen LogP contribution in [0.1, 0.15) is 66.2 Å². The van der Waals surface area contributed by atoms with Crippen LogP contribution in [0, 0.1) is 5.92 Å². The lowest BCUT2D eigenvalue weighted by Gasteiger charge is -2.47. The summed E-state index contributed by atoms with van der Waals surface area (Å²) in [6, 6.07) is 0. The molecular formula is C23H39NO6. The molecule has 1 heterocycles. The van der Waals surface area contributed by atoms with Gasteiger partial charge in [-0.1, -0.05) is 24.5 Å². The average Bonchev–Trinajstić information content (AvgIpc) is 3.29. The summed E-state index contributed by atoms with van der Waals surface area (Å²) in [5.41, 5.74) is -0.137. The van der Waals surface area contributed by atoms with Gasteiger partial charge < -0.3 is 29.4 Å². The lowest BCUT2D eigenvalue weighted by Crippen LogP contribution is -2.59. The Morgan fingerprint density at radius 2 is 1.93 bits per heavy atom. The van der Waals surface area contributed by atoms with Gasteiger partial charge in [0, 0.05) is 13.0 Å². The molecule has 1 amide bonds. The molecule has 1 aliphatic heterocycles. The highest BCUT2D eigenvalue weighted by atomic mass is 16.6. The van der Waals surface area contributed by atoms with Crippen molar-refractivity contribution in [1.82, 2.24) is 5.32 Å². The van der Waals surface area contributed by atoms with Crippen LogP contribution in [0.3, 0.4) is 0 Å². The predicted molar refractivity (Wildman–Crippen MR) is 113 cm³/mol. The number of epoxide rings is 1. The molecule has 1 spiro atoms. The van der Waals surface area contributed by atoms with E-state index in [-0.39, 0.29) is 24.2 Å².